The molecular weight excluding hydrogens is 398 g/mol. The van der Waals surface area contributed by atoms with E-state index in [4.69, 9.17) is 10.00 Å². The van der Waals surface area contributed by atoms with E-state index in [0.29, 0.717) is 31.0 Å². The fraction of sp³-hybridized carbons (Fsp3) is 0.318. The molecule has 160 valence electrons. The minimum absolute atomic E-state index is 0.136. The third-order valence-electron chi connectivity index (χ3n) is 4.68. The maximum Gasteiger partial charge on any atom is 0.329 e. The summed E-state index contributed by atoms with van der Waals surface area (Å²) in [5.41, 5.74) is -0.118. The van der Waals surface area contributed by atoms with Crippen molar-refractivity contribution in [3.63, 3.8) is 0 Å². The molecule has 9 nitrogen and oxygen atoms in total. The van der Waals surface area contributed by atoms with Gasteiger partial charge in [0, 0.05) is 25.0 Å². The number of aromatic amines is 1. The SMILES string of the molecule is CCCn1c(=O)[nH]c(=O)c2cc(C(=O)N(CCC#N)c3ccc(OCC)cc3)cnc21. The van der Waals surface area contributed by atoms with Crippen molar-refractivity contribution in [1.82, 2.24) is 14.5 Å². The quantitative estimate of drug-likeness (QED) is 0.596. The van der Waals surface area contributed by atoms with E-state index in [0.717, 1.165) is 0 Å². The van der Waals surface area contributed by atoms with Crippen LogP contribution in [0, 0.1) is 11.3 Å². The van der Waals surface area contributed by atoms with Gasteiger partial charge in [0.15, 0.2) is 0 Å². The number of H-pyrrole nitrogens is 1. The Morgan fingerprint density at radius 1 is 1.26 bits per heavy atom. The largest absolute Gasteiger partial charge is 0.494 e. The number of hydrogen-bond acceptors (Lipinski definition) is 6. The van der Waals surface area contributed by atoms with Crippen LogP contribution in [0.3, 0.4) is 0 Å². The lowest BCUT2D eigenvalue weighted by Crippen LogP contribution is -2.33. The Kier molecular flexibility index (Phi) is 6.82. The summed E-state index contributed by atoms with van der Waals surface area (Å²) in [5, 5.41) is 9.17. The highest BCUT2D eigenvalue weighted by atomic mass is 16.5. The zero-order valence-corrected chi connectivity index (χ0v) is 17.4. The van der Waals surface area contributed by atoms with Crippen LogP contribution >= 0.6 is 0 Å². The third-order valence-corrected chi connectivity index (χ3v) is 4.68. The van der Waals surface area contributed by atoms with Crippen LogP contribution in [0.1, 0.15) is 37.0 Å². The molecule has 31 heavy (non-hydrogen) atoms. The van der Waals surface area contributed by atoms with Gasteiger partial charge >= 0.3 is 5.69 Å². The van der Waals surface area contributed by atoms with E-state index < -0.39 is 17.2 Å². The Morgan fingerprint density at radius 3 is 2.65 bits per heavy atom. The van der Waals surface area contributed by atoms with Crippen LogP contribution in [0.4, 0.5) is 5.69 Å². The number of fused-ring (bicyclic) bond motifs is 1. The van der Waals surface area contributed by atoms with Crippen LogP contribution in [0.15, 0.2) is 46.1 Å². The van der Waals surface area contributed by atoms with Crippen molar-refractivity contribution in [1.29, 1.82) is 5.26 Å². The molecule has 0 aliphatic heterocycles. The minimum Gasteiger partial charge on any atom is -0.494 e. The number of nitrogens with zero attached hydrogens (tertiary/aromatic N) is 4. The number of aryl methyl sites for hydroxylation is 1. The van der Waals surface area contributed by atoms with Crippen molar-refractivity contribution in [2.75, 3.05) is 18.1 Å². The first-order valence-electron chi connectivity index (χ1n) is 10.0. The molecule has 2 aromatic heterocycles. The van der Waals surface area contributed by atoms with Gasteiger partial charge in [0.1, 0.15) is 11.4 Å². The van der Waals surface area contributed by atoms with E-state index in [2.05, 4.69) is 9.97 Å². The number of carbonyl (C=O) groups excluding carboxylic acids is 1. The number of amides is 1. The van der Waals surface area contributed by atoms with Gasteiger partial charge in [-0.2, -0.15) is 5.26 Å². The molecule has 0 spiro atoms. The number of ether oxygens (including phenoxy) is 1. The molecule has 2 heterocycles. The second-order valence-corrected chi connectivity index (χ2v) is 6.80. The molecule has 9 heteroatoms. The summed E-state index contributed by atoms with van der Waals surface area (Å²) in [5.74, 6) is 0.271. The van der Waals surface area contributed by atoms with E-state index in [1.165, 1.54) is 21.7 Å². The first-order chi connectivity index (χ1) is 15.0. The minimum atomic E-state index is -0.598. The maximum atomic E-state index is 13.3. The second kappa shape index (κ2) is 9.71. The van der Waals surface area contributed by atoms with Crippen LogP contribution in [0.2, 0.25) is 0 Å². The van der Waals surface area contributed by atoms with E-state index in [-0.39, 0.29) is 29.6 Å². The maximum absolute atomic E-state index is 13.3. The molecule has 1 amide bonds. The van der Waals surface area contributed by atoms with Gasteiger partial charge in [-0.05, 0) is 43.7 Å². The summed E-state index contributed by atoms with van der Waals surface area (Å²) < 4.78 is 6.82. The molecular formula is C22H23N5O4. The Labute approximate surface area is 178 Å². The van der Waals surface area contributed by atoms with Crippen molar-refractivity contribution < 1.29 is 9.53 Å². The number of benzene rings is 1. The summed E-state index contributed by atoms with van der Waals surface area (Å²) in [6.07, 6.45) is 2.17. The Hall–Kier alpha value is -3.93. The normalized spacial score (nSPS) is 10.6. The zero-order valence-electron chi connectivity index (χ0n) is 17.4. The van der Waals surface area contributed by atoms with Crippen molar-refractivity contribution in [2.45, 2.75) is 33.2 Å². The molecule has 3 aromatic rings. The fourth-order valence-electron chi connectivity index (χ4n) is 3.27. The summed E-state index contributed by atoms with van der Waals surface area (Å²) in [6, 6.07) is 10.4. The highest BCUT2D eigenvalue weighted by Crippen LogP contribution is 2.22. The van der Waals surface area contributed by atoms with Crippen molar-refractivity contribution in [2.24, 2.45) is 0 Å². The predicted octanol–water partition coefficient (Wildman–Crippen LogP) is 2.45. The number of nitrogens with one attached hydrogen (secondary N) is 1. The summed E-state index contributed by atoms with van der Waals surface area (Å²) >= 11 is 0. The number of aromatic nitrogens is 3. The average molecular weight is 421 g/mol. The lowest BCUT2D eigenvalue weighted by Gasteiger charge is -2.22. The molecule has 0 unspecified atom stereocenters. The number of hydrogen-bond donors (Lipinski definition) is 1. The van der Waals surface area contributed by atoms with Crippen LogP contribution in [0.5, 0.6) is 5.75 Å². The zero-order chi connectivity index (χ0) is 22.4. The Balaban J connectivity index is 2.03. The summed E-state index contributed by atoms with van der Waals surface area (Å²) in [4.78, 5) is 45.7. The van der Waals surface area contributed by atoms with Gasteiger partial charge in [0.25, 0.3) is 11.5 Å². The van der Waals surface area contributed by atoms with Crippen molar-refractivity contribution in [3.05, 3.63) is 62.9 Å². The number of rotatable bonds is 8. The number of pyridine rings is 1. The lowest BCUT2D eigenvalue weighted by molar-refractivity contribution is 0.0987. The van der Waals surface area contributed by atoms with Crippen LogP contribution < -0.4 is 20.9 Å². The molecule has 1 aromatic carbocycles. The van der Waals surface area contributed by atoms with E-state index in [1.807, 2.05) is 19.9 Å². The van der Waals surface area contributed by atoms with Gasteiger partial charge in [-0.25, -0.2) is 9.78 Å². The standard InChI is InChI=1S/C22H23N5O4/c1-3-11-27-19-18(20(28)25-22(27)30)13-15(14-24-19)21(29)26(12-5-10-23)16-6-8-17(9-7-16)31-4-2/h6-9,13-14H,3-5,11-12H2,1-2H3,(H,25,28,30). The first kappa shape index (κ1) is 21.8. The van der Waals surface area contributed by atoms with E-state index in [1.54, 1.807) is 24.3 Å². The molecule has 0 saturated heterocycles. The number of nitriles is 1. The topological polar surface area (TPSA) is 121 Å². The molecule has 0 fully saturated rings. The lowest BCUT2D eigenvalue weighted by atomic mass is 10.1. The molecule has 3 rings (SSSR count). The monoisotopic (exact) mass is 421 g/mol. The molecule has 0 aliphatic rings. The number of anilines is 1. The van der Waals surface area contributed by atoms with E-state index in [9.17, 15) is 14.4 Å². The highest BCUT2D eigenvalue weighted by Gasteiger charge is 2.20. The van der Waals surface area contributed by atoms with Crippen molar-refractivity contribution >= 4 is 22.6 Å². The van der Waals surface area contributed by atoms with Gasteiger partial charge in [-0.3, -0.25) is 19.1 Å². The second-order valence-electron chi connectivity index (χ2n) is 6.80. The van der Waals surface area contributed by atoms with Crippen molar-refractivity contribution in [3.8, 4) is 11.8 Å². The highest BCUT2D eigenvalue weighted by molar-refractivity contribution is 6.07. The molecule has 1 N–H and O–H groups in total. The van der Waals surface area contributed by atoms with Gasteiger partial charge in [-0.1, -0.05) is 6.92 Å². The van der Waals surface area contributed by atoms with Crippen LogP contribution in [-0.2, 0) is 6.54 Å². The Bertz CT molecular complexity index is 1240. The van der Waals surface area contributed by atoms with Crippen LogP contribution in [0.25, 0.3) is 11.0 Å². The average Bonchev–Trinajstić information content (AvgIpc) is 2.77. The van der Waals surface area contributed by atoms with Gasteiger partial charge in [0.2, 0.25) is 0 Å². The molecule has 0 aliphatic carbocycles. The third kappa shape index (κ3) is 4.64. The summed E-state index contributed by atoms with van der Waals surface area (Å²) in [7, 11) is 0. The molecule has 0 bridgehead atoms. The van der Waals surface area contributed by atoms with Crippen LogP contribution in [-0.4, -0.2) is 33.6 Å². The molecule has 0 atom stereocenters. The molecule has 0 radical (unpaired) electrons. The molecule has 0 saturated carbocycles. The van der Waals surface area contributed by atoms with E-state index >= 15 is 0 Å². The number of carbonyl (C=O) groups is 1. The van der Waals surface area contributed by atoms with Gasteiger partial charge < -0.3 is 9.64 Å². The fourth-order valence-corrected chi connectivity index (χ4v) is 3.27. The smallest absolute Gasteiger partial charge is 0.329 e. The Morgan fingerprint density at radius 2 is 2.00 bits per heavy atom. The predicted molar refractivity (Wildman–Crippen MR) is 116 cm³/mol. The van der Waals surface area contributed by atoms with Gasteiger partial charge in [0.05, 0.1) is 30.0 Å². The first-order valence-corrected chi connectivity index (χ1v) is 10.0. The van der Waals surface area contributed by atoms with Gasteiger partial charge in [-0.15, -0.1) is 0 Å². The summed E-state index contributed by atoms with van der Waals surface area (Å²) in [6.45, 7) is 4.88.